The van der Waals surface area contributed by atoms with Crippen LogP contribution in [0, 0.1) is 12.8 Å². The molecule has 0 spiro atoms. The van der Waals surface area contributed by atoms with Crippen molar-refractivity contribution in [1.82, 2.24) is 19.9 Å². The van der Waals surface area contributed by atoms with E-state index in [1.54, 1.807) is 35.6 Å². The van der Waals surface area contributed by atoms with Crippen molar-refractivity contribution in [3.63, 3.8) is 0 Å². The predicted octanol–water partition coefficient (Wildman–Crippen LogP) is 1.37. The van der Waals surface area contributed by atoms with E-state index in [-0.39, 0.29) is 29.9 Å². The van der Waals surface area contributed by atoms with E-state index >= 15 is 0 Å². The van der Waals surface area contributed by atoms with Crippen molar-refractivity contribution < 1.29 is 18.8 Å². The quantitative estimate of drug-likeness (QED) is 0.779. The van der Waals surface area contributed by atoms with Crippen LogP contribution in [0.2, 0.25) is 0 Å². The summed E-state index contributed by atoms with van der Waals surface area (Å²) in [4.78, 5) is 33.9. The van der Waals surface area contributed by atoms with Crippen molar-refractivity contribution in [1.29, 1.82) is 0 Å². The molecule has 8 nitrogen and oxygen atoms in total. The van der Waals surface area contributed by atoms with E-state index in [4.69, 9.17) is 9.26 Å². The Bertz CT molecular complexity index is 692. The average Bonchev–Trinajstić information content (AvgIpc) is 3.30. The lowest BCUT2D eigenvalue weighted by Crippen LogP contribution is -2.51. The minimum atomic E-state index is -0.407. The van der Waals surface area contributed by atoms with Crippen LogP contribution < -0.4 is 0 Å². The molecule has 1 aliphatic carbocycles. The molecule has 1 aromatic rings. The molecule has 2 amide bonds. The first kappa shape index (κ1) is 17.8. The van der Waals surface area contributed by atoms with Gasteiger partial charge in [-0.25, -0.2) is 0 Å². The lowest BCUT2D eigenvalue weighted by molar-refractivity contribution is -0.148. The zero-order valence-electron chi connectivity index (χ0n) is 15.1. The van der Waals surface area contributed by atoms with Crippen LogP contribution >= 0.6 is 11.8 Å². The van der Waals surface area contributed by atoms with Gasteiger partial charge < -0.3 is 19.1 Å². The van der Waals surface area contributed by atoms with Gasteiger partial charge in [0.15, 0.2) is 5.82 Å². The number of hydrogen-bond acceptors (Lipinski definition) is 7. The number of rotatable bonds is 4. The molecule has 3 atom stereocenters. The second kappa shape index (κ2) is 7.19. The Morgan fingerprint density at radius 2 is 2.08 bits per heavy atom. The molecule has 2 aliphatic heterocycles. The standard InChI is InChI=1S/C17H24N4O4S/c1-10-18-15(25-19-10)13-6-12(24-2)7-20(13)17(23)14-8-26-9-21(14)16(22)11-4-3-5-11/h11-14H,3-9H2,1-2H3/t12-,13+,14?/m0/s1. The molecule has 0 aromatic carbocycles. The topological polar surface area (TPSA) is 88.8 Å². The molecule has 1 saturated carbocycles. The van der Waals surface area contributed by atoms with Gasteiger partial charge in [0.25, 0.3) is 0 Å². The summed E-state index contributed by atoms with van der Waals surface area (Å²) in [6.45, 7) is 2.24. The fraction of sp³-hybridized carbons (Fsp3) is 0.765. The lowest BCUT2D eigenvalue weighted by Gasteiger charge is -2.34. The normalized spacial score (nSPS) is 29.2. The van der Waals surface area contributed by atoms with E-state index < -0.39 is 6.04 Å². The number of carbonyl (C=O) groups is 2. The zero-order chi connectivity index (χ0) is 18.3. The van der Waals surface area contributed by atoms with Crippen molar-refractivity contribution in [2.75, 3.05) is 25.3 Å². The van der Waals surface area contributed by atoms with Gasteiger partial charge in [-0.05, 0) is 19.8 Å². The lowest BCUT2D eigenvalue weighted by atomic mass is 9.84. The number of hydrogen-bond donors (Lipinski definition) is 0. The Morgan fingerprint density at radius 1 is 1.27 bits per heavy atom. The Kier molecular flexibility index (Phi) is 4.92. The van der Waals surface area contributed by atoms with Gasteiger partial charge in [0.2, 0.25) is 17.7 Å². The van der Waals surface area contributed by atoms with Gasteiger partial charge >= 0.3 is 0 Å². The van der Waals surface area contributed by atoms with E-state index in [0.29, 0.717) is 36.3 Å². The van der Waals surface area contributed by atoms with Crippen LogP contribution in [0.5, 0.6) is 0 Å². The highest BCUT2D eigenvalue weighted by molar-refractivity contribution is 7.99. The van der Waals surface area contributed by atoms with E-state index in [2.05, 4.69) is 10.1 Å². The summed E-state index contributed by atoms with van der Waals surface area (Å²) in [6.07, 6.45) is 3.55. The average molecular weight is 380 g/mol. The van der Waals surface area contributed by atoms with Crippen LogP contribution in [-0.4, -0.2) is 69.2 Å². The van der Waals surface area contributed by atoms with Crippen LogP contribution in [-0.2, 0) is 14.3 Å². The van der Waals surface area contributed by atoms with Crippen molar-refractivity contribution in [3.8, 4) is 0 Å². The number of aryl methyl sites for hydroxylation is 1. The molecule has 142 valence electrons. The molecule has 1 unspecified atom stereocenters. The Balaban J connectivity index is 1.53. The third kappa shape index (κ3) is 3.11. The predicted molar refractivity (Wildman–Crippen MR) is 94.2 cm³/mol. The summed E-state index contributed by atoms with van der Waals surface area (Å²) in [6, 6.07) is -0.699. The number of carbonyl (C=O) groups excluding carboxylic acids is 2. The van der Waals surface area contributed by atoms with Crippen molar-refractivity contribution in [2.24, 2.45) is 5.92 Å². The highest BCUT2D eigenvalue weighted by Gasteiger charge is 2.46. The number of likely N-dealkylation sites (tertiary alicyclic amines) is 1. The number of nitrogens with zero attached hydrogens (tertiary/aromatic N) is 4. The monoisotopic (exact) mass is 380 g/mol. The van der Waals surface area contributed by atoms with Crippen molar-refractivity contribution in [3.05, 3.63) is 11.7 Å². The molecule has 1 aromatic heterocycles. The summed E-state index contributed by atoms with van der Waals surface area (Å²) in [5.74, 6) is 2.42. The highest BCUT2D eigenvalue weighted by Crippen LogP contribution is 2.36. The van der Waals surface area contributed by atoms with Crippen molar-refractivity contribution in [2.45, 2.75) is 50.8 Å². The van der Waals surface area contributed by atoms with Crippen LogP contribution in [0.25, 0.3) is 0 Å². The van der Waals surface area contributed by atoms with Gasteiger partial charge in [-0.2, -0.15) is 4.98 Å². The van der Waals surface area contributed by atoms with Gasteiger partial charge in [0, 0.05) is 31.7 Å². The molecule has 26 heavy (non-hydrogen) atoms. The van der Waals surface area contributed by atoms with E-state index in [1.807, 2.05) is 0 Å². The molecule has 3 heterocycles. The Hall–Kier alpha value is -1.61. The molecule has 0 N–H and O–H groups in total. The van der Waals surface area contributed by atoms with E-state index in [9.17, 15) is 9.59 Å². The third-order valence-electron chi connectivity index (χ3n) is 5.61. The molecular weight excluding hydrogens is 356 g/mol. The van der Waals surface area contributed by atoms with Gasteiger partial charge in [-0.15, -0.1) is 11.8 Å². The van der Waals surface area contributed by atoms with Gasteiger partial charge in [-0.1, -0.05) is 11.6 Å². The van der Waals surface area contributed by atoms with Crippen LogP contribution in [0.1, 0.15) is 43.4 Å². The second-order valence-corrected chi connectivity index (χ2v) is 8.23. The zero-order valence-corrected chi connectivity index (χ0v) is 15.9. The smallest absolute Gasteiger partial charge is 0.249 e. The van der Waals surface area contributed by atoms with Gasteiger partial charge in [-0.3, -0.25) is 9.59 Å². The molecule has 3 fully saturated rings. The van der Waals surface area contributed by atoms with E-state index in [0.717, 1.165) is 19.3 Å². The van der Waals surface area contributed by atoms with E-state index in [1.165, 1.54) is 0 Å². The summed E-state index contributed by atoms with van der Waals surface area (Å²) in [5, 5.41) is 3.85. The first-order valence-corrected chi connectivity index (χ1v) is 10.3. The minimum absolute atomic E-state index is 0.0388. The maximum absolute atomic E-state index is 13.3. The van der Waals surface area contributed by atoms with Crippen LogP contribution in [0.3, 0.4) is 0 Å². The van der Waals surface area contributed by atoms with Crippen LogP contribution in [0.15, 0.2) is 4.52 Å². The first-order valence-electron chi connectivity index (χ1n) is 9.10. The third-order valence-corrected chi connectivity index (χ3v) is 6.62. The number of ether oxygens (including phenoxy) is 1. The Labute approximate surface area is 156 Å². The molecule has 2 saturated heterocycles. The summed E-state index contributed by atoms with van der Waals surface area (Å²) >= 11 is 1.64. The second-order valence-electron chi connectivity index (χ2n) is 7.23. The Morgan fingerprint density at radius 3 is 2.69 bits per heavy atom. The number of thioether (sulfide) groups is 1. The largest absolute Gasteiger partial charge is 0.380 e. The highest BCUT2D eigenvalue weighted by atomic mass is 32.2. The number of methoxy groups -OCH3 is 1. The molecule has 0 radical (unpaired) electrons. The first-order chi connectivity index (χ1) is 12.6. The molecule has 3 aliphatic rings. The summed E-state index contributed by atoms with van der Waals surface area (Å²) < 4.78 is 10.8. The van der Waals surface area contributed by atoms with Gasteiger partial charge in [0.05, 0.1) is 12.0 Å². The summed E-state index contributed by atoms with van der Waals surface area (Å²) in [7, 11) is 1.65. The summed E-state index contributed by atoms with van der Waals surface area (Å²) in [5.41, 5.74) is 0. The molecule has 9 heteroatoms. The fourth-order valence-corrected chi connectivity index (χ4v) is 4.99. The fourth-order valence-electron chi connectivity index (χ4n) is 3.84. The number of amides is 2. The SMILES string of the molecule is CO[C@H]1C[C@H](c2nc(C)no2)N(C(=O)C2CSCN2C(=O)C2CCC2)C1. The minimum Gasteiger partial charge on any atom is -0.380 e. The van der Waals surface area contributed by atoms with Crippen molar-refractivity contribution >= 4 is 23.6 Å². The molecule has 4 rings (SSSR count). The maximum Gasteiger partial charge on any atom is 0.249 e. The molecule has 0 bridgehead atoms. The van der Waals surface area contributed by atoms with Crippen LogP contribution in [0.4, 0.5) is 0 Å². The maximum atomic E-state index is 13.3. The van der Waals surface area contributed by atoms with Gasteiger partial charge in [0.1, 0.15) is 12.1 Å². The number of aromatic nitrogens is 2. The molecular formula is C17H24N4O4S.